The summed E-state index contributed by atoms with van der Waals surface area (Å²) in [4.78, 5) is 20.3. The van der Waals surface area contributed by atoms with Crippen molar-refractivity contribution in [3.8, 4) is 11.4 Å². The fraction of sp³-hybridized carbons (Fsp3) is 0.267. The zero-order valence-electron chi connectivity index (χ0n) is 12.1. The topological polar surface area (TPSA) is 90.1 Å². The molecule has 0 aliphatic rings. The van der Waals surface area contributed by atoms with E-state index >= 15 is 0 Å². The Hall–Kier alpha value is -2.47. The maximum absolute atomic E-state index is 11.9. The minimum atomic E-state index is -0.306. The molecular weight excluding hydrogens is 268 g/mol. The SMILES string of the molecule is COCCNC(=O)c1cnc(-c2ccc(C)cc2)nc1N. The first-order valence-corrected chi connectivity index (χ1v) is 6.58. The second-order valence-electron chi connectivity index (χ2n) is 4.61. The molecule has 0 unspecified atom stereocenters. The van der Waals surface area contributed by atoms with Gasteiger partial charge in [-0.25, -0.2) is 9.97 Å². The number of hydrogen-bond acceptors (Lipinski definition) is 5. The normalized spacial score (nSPS) is 10.4. The summed E-state index contributed by atoms with van der Waals surface area (Å²) >= 11 is 0. The number of amides is 1. The second-order valence-corrected chi connectivity index (χ2v) is 4.61. The number of nitrogens with zero attached hydrogens (tertiary/aromatic N) is 2. The van der Waals surface area contributed by atoms with Crippen molar-refractivity contribution in [3.63, 3.8) is 0 Å². The summed E-state index contributed by atoms with van der Waals surface area (Å²) in [6.45, 7) is 2.86. The Morgan fingerprint density at radius 2 is 2.05 bits per heavy atom. The van der Waals surface area contributed by atoms with E-state index < -0.39 is 0 Å². The molecule has 0 radical (unpaired) electrons. The van der Waals surface area contributed by atoms with Gasteiger partial charge in [-0.3, -0.25) is 4.79 Å². The van der Waals surface area contributed by atoms with Crippen LogP contribution < -0.4 is 11.1 Å². The van der Waals surface area contributed by atoms with Gasteiger partial charge in [0.15, 0.2) is 5.82 Å². The van der Waals surface area contributed by atoms with E-state index in [-0.39, 0.29) is 17.3 Å². The molecule has 0 aliphatic carbocycles. The van der Waals surface area contributed by atoms with Crippen molar-refractivity contribution in [2.45, 2.75) is 6.92 Å². The Labute approximate surface area is 123 Å². The van der Waals surface area contributed by atoms with E-state index in [1.165, 1.54) is 6.20 Å². The van der Waals surface area contributed by atoms with Gasteiger partial charge in [-0.05, 0) is 6.92 Å². The summed E-state index contributed by atoms with van der Waals surface area (Å²) in [6.07, 6.45) is 1.44. The minimum Gasteiger partial charge on any atom is -0.383 e. The quantitative estimate of drug-likeness (QED) is 0.811. The zero-order chi connectivity index (χ0) is 15.2. The molecule has 0 saturated carbocycles. The first-order chi connectivity index (χ1) is 10.1. The molecule has 0 saturated heterocycles. The molecule has 1 aromatic heterocycles. The molecule has 6 nitrogen and oxygen atoms in total. The molecule has 3 N–H and O–H groups in total. The number of aromatic nitrogens is 2. The molecular formula is C15H18N4O2. The highest BCUT2D eigenvalue weighted by molar-refractivity contribution is 5.98. The first kappa shape index (κ1) is 14.9. The average molecular weight is 286 g/mol. The number of ether oxygens (including phenoxy) is 1. The summed E-state index contributed by atoms with van der Waals surface area (Å²) in [6, 6.07) is 7.78. The molecule has 1 heterocycles. The van der Waals surface area contributed by atoms with Gasteiger partial charge in [0.05, 0.1) is 12.2 Å². The van der Waals surface area contributed by atoms with E-state index in [0.717, 1.165) is 11.1 Å². The lowest BCUT2D eigenvalue weighted by Gasteiger charge is -2.08. The highest BCUT2D eigenvalue weighted by atomic mass is 16.5. The molecule has 2 aromatic rings. The fourth-order valence-corrected chi connectivity index (χ4v) is 1.77. The standard InChI is InChI=1S/C15H18N4O2/c1-10-3-5-11(6-4-10)14-18-9-12(13(16)19-14)15(20)17-7-8-21-2/h3-6,9H,7-8H2,1-2H3,(H,17,20)(H2,16,18,19). The highest BCUT2D eigenvalue weighted by Gasteiger charge is 2.12. The van der Waals surface area contributed by atoms with Crippen molar-refractivity contribution in [1.82, 2.24) is 15.3 Å². The number of rotatable bonds is 5. The molecule has 1 amide bonds. The summed E-state index contributed by atoms with van der Waals surface area (Å²) < 4.78 is 4.87. The summed E-state index contributed by atoms with van der Waals surface area (Å²) in [7, 11) is 1.57. The predicted molar refractivity (Wildman–Crippen MR) is 80.8 cm³/mol. The predicted octanol–water partition coefficient (Wildman–Crippen LogP) is 1.41. The van der Waals surface area contributed by atoms with Gasteiger partial charge in [-0.15, -0.1) is 0 Å². The van der Waals surface area contributed by atoms with Crippen molar-refractivity contribution in [2.24, 2.45) is 0 Å². The van der Waals surface area contributed by atoms with Gasteiger partial charge in [0, 0.05) is 25.4 Å². The Morgan fingerprint density at radius 1 is 1.33 bits per heavy atom. The molecule has 1 aromatic carbocycles. The number of nitrogens with one attached hydrogen (secondary N) is 1. The van der Waals surface area contributed by atoms with Gasteiger partial charge >= 0.3 is 0 Å². The van der Waals surface area contributed by atoms with Crippen LogP contribution in [-0.4, -0.2) is 36.1 Å². The maximum atomic E-state index is 11.9. The number of carbonyl (C=O) groups is 1. The number of nitrogens with two attached hydrogens (primary N) is 1. The molecule has 2 rings (SSSR count). The smallest absolute Gasteiger partial charge is 0.256 e. The van der Waals surface area contributed by atoms with Crippen LogP contribution >= 0.6 is 0 Å². The van der Waals surface area contributed by atoms with Gasteiger partial charge < -0.3 is 15.8 Å². The molecule has 0 fully saturated rings. The molecule has 0 bridgehead atoms. The molecule has 6 heteroatoms. The van der Waals surface area contributed by atoms with Gasteiger partial charge in [0.25, 0.3) is 5.91 Å². The Bertz CT molecular complexity index is 626. The summed E-state index contributed by atoms with van der Waals surface area (Å²) in [5, 5.41) is 2.68. The van der Waals surface area contributed by atoms with Crippen LogP contribution in [0.2, 0.25) is 0 Å². The van der Waals surface area contributed by atoms with Gasteiger partial charge in [-0.2, -0.15) is 0 Å². The van der Waals surface area contributed by atoms with E-state index in [2.05, 4.69) is 15.3 Å². The Balaban J connectivity index is 2.17. The monoisotopic (exact) mass is 286 g/mol. The van der Waals surface area contributed by atoms with E-state index in [9.17, 15) is 4.79 Å². The lowest BCUT2D eigenvalue weighted by Crippen LogP contribution is -2.28. The largest absolute Gasteiger partial charge is 0.383 e. The van der Waals surface area contributed by atoms with Crippen LogP contribution in [0.25, 0.3) is 11.4 Å². The van der Waals surface area contributed by atoms with Crippen molar-refractivity contribution >= 4 is 11.7 Å². The number of carbonyl (C=O) groups excluding carboxylic acids is 1. The van der Waals surface area contributed by atoms with E-state index in [1.807, 2.05) is 31.2 Å². The van der Waals surface area contributed by atoms with Gasteiger partial charge in [0.1, 0.15) is 5.82 Å². The molecule has 0 atom stereocenters. The summed E-state index contributed by atoms with van der Waals surface area (Å²) in [5.41, 5.74) is 8.13. The van der Waals surface area contributed by atoms with Crippen LogP contribution in [-0.2, 0) is 4.74 Å². The molecule has 0 spiro atoms. The van der Waals surface area contributed by atoms with Crippen LogP contribution in [0.15, 0.2) is 30.5 Å². The van der Waals surface area contributed by atoms with Crippen LogP contribution in [0.3, 0.4) is 0 Å². The number of aryl methyl sites for hydroxylation is 1. The molecule has 0 aliphatic heterocycles. The van der Waals surface area contributed by atoms with Crippen molar-refractivity contribution in [1.29, 1.82) is 0 Å². The molecule has 21 heavy (non-hydrogen) atoms. The van der Waals surface area contributed by atoms with Crippen molar-refractivity contribution in [2.75, 3.05) is 26.0 Å². The summed E-state index contributed by atoms with van der Waals surface area (Å²) in [5.74, 6) is 0.358. The van der Waals surface area contributed by atoms with Gasteiger partial charge in [-0.1, -0.05) is 29.8 Å². The third-order valence-corrected chi connectivity index (χ3v) is 2.96. The highest BCUT2D eigenvalue weighted by Crippen LogP contribution is 2.18. The van der Waals surface area contributed by atoms with E-state index in [1.54, 1.807) is 7.11 Å². The minimum absolute atomic E-state index is 0.162. The zero-order valence-corrected chi connectivity index (χ0v) is 12.1. The average Bonchev–Trinajstić information content (AvgIpc) is 2.48. The van der Waals surface area contributed by atoms with Crippen LogP contribution in [0, 0.1) is 6.92 Å². The number of anilines is 1. The van der Waals surface area contributed by atoms with Gasteiger partial charge in [0.2, 0.25) is 0 Å². The number of benzene rings is 1. The van der Waals surface area contributed by atoms with Crippen LogP contribution in [0.5, 0.6) is 0 Å². The lowest BCUT2D eigenvalue weighted by atomic mass is 10.1. The second kappa shape index (κ2) is 6.81. The fourth-order valence-electron chi connectivity index (χ4n) is 1.77. The van der Waals surface area contributed by atoms with E-state index in [0.29, 0.717) is 19.0 Å². The maximum Gasteiger partial charge on any atom is 0.256 e. The number of hydrogen-bond donors (Lipinski definition) is 2. The Kier molecular flexibility index (Phi) is 4.84. The third-order valence-electron chi connectivity index (χ3n) is 2.96. The van der Waals surface area contributed by atoms with Crippen LogP contribution in [0.4, 0.5) is 5.82 Å². The van der Waals surface area contributed by atoms with Crippen LogP contribution in [0.1, 0.15) is 15.9 Å². The van der Waals surface area contributed by atoms with Crippen molar-refractivity contribution in [3.05, 3.63) is 41.6 Å². The van der Waals surface area contributed by atoms with E-state index in [4.69, 9.17) is 10.5 Å². The number of methoxy groups -OCH3 is 1. The first-order valence-electron chi connectivity index (χ1n) is 6.58. The number of nitrogen functional groups attached to an aromatic ring is 1. The molecule has 110 valence electrons. The van der Waals surface area contributed by atoms with Crippen molar-refractivity contribution < 1.29 is 9.53 Å². The Morgan fingerprint density at radius 3 is 2.67 bits per heavy atom. The third kappa shape index (κ3) is 3.76. The lowest BCUT2D eigenvalue weighted by molar-refractivity contribution is 0.0937.